The van der Waals surface area contributed by atoms with Crippen molar-refractivity contribution >= 4 is 5.69 Å². The Labute approximate surface area is 147 Å². The molecule has 0 aromatic heterocycles. The van der Waals surface area contributed by atoms with Gasteiger partial charge < -0.3 is 15.5 Å². The first-order valence-corrected chi connectivity index (χ1v) is 8.86. The first kappa shape index (κ1) is 18.0. The van der Waals surface area contributed by atoms with Crippen LogP contribution in [0.3, 0.4) is 0 Å². The monoisotopic (exact) mass is 353 g/mol. The van der Waals surface area contributed by atoms with Gasteiger partial charge in [0.2, 0.25) is 0 Å². The molecule has 0 bridgehead atoms. The first-order valence-electron chi connectivity index (χ1n) is 8.86. The van der Waals surface area contributed by atoms with Gasteiger partial charge in [0, 0.05) is 17.8 Å². The van der Waals surface area contributed by atoms with Crippen molar-refractivity contribution in [2.45, 2.75) is 64.8 Å². The van der Waals surface area contributed by atoms with Crippen molar-refractivity contribution in [3.63, 3.8) is 0 Å². The molecule has 1 aromatic carbocycles. The van der Waals surface area contributed by atoms with Crippen LogP contribution >= 0.6 is 0 Å². The standard InChI is InChI=1S/C19H26F3N3/c1-11(2)17-18(23-15-6-5-12(20)8-15)24-19(3,4)25(17)16-9-13(21)7-14(22)10-16/h7,9-12,15,23-24H,5-6,8H2,1-4H3/t12-,15+/m1/s1. The molecule has 3 rings (SSSR count). The summed E-state index contributed by atoms with van der Waals surface area (Å²) in [6.45, 7) is 7.99. The summed E-state index contributed by atoms with van der Waals surface area (Å²) < 4.78 is 41.1. The van der Waals surface area contributed by atoms with Crippen molar-refractivity contribution in [1.82, 2.24) is 10.6 Å². The third kappa shape index (κ3) is 3.58. The third-order valence-corrected chi connectivity index (χ3v) is 4.86. The van der Waals surface area contributed by atoms with E-state index in [1.165, 1.54) is 12.1 Å². The molecule has 2 N–H and O–H groups in total. The van der Waals surface area contributed by atoms with Gasteiger partial charge in [-0.25, -0.2) is 13.2 Å². The van der Waals surface area contributed by atoms with Crippen LogP contribution in [0.2, 0.25) is 0 Å². The maximum Gasteiger partial charge on any atom is 0.128 e. The van der Waals surface area contributed by atoms with Crippen LogP contribution in [-0.2, 0) is 0 Å². The van der Waals surface area contributed by atoms with Gasteiger partial charge in [0.15, 0.2) is 0 Å². The lowest BCUT2D eigenvalue weighted by Gasteiger charge is -2.36. The minimum absolute atomic E-state index is 0.0752. The zero-order chi connectivity index (χ0) is 18.4. The van der Waals surface area contributed by atoms with Gasteiger partial charge >= 0.3 is 0 Å². The molecule has 1 heterocycles. The van der Waals surface area contributed by atoms with Crippen LogP contribution in [0, 0.1) is 17.6 Å². The van der Waals surface area contributed by atoms with E-state index in [0.717, 1.165) is 24.0 Å². The van der Waals surface area contributed by atoms with Crippen LogP contribution in [0.4, 0.5) is 18.9 Å². The van der Waals surface area contributed by atoms with Crippen molar-refractivity contribution in [3.8, 4) is 0 Å². The summed E-state index contributed by atoms with van der Waals surface area (Å²) >= 11 is 0. The minimum atomic E-state index is -0.761. The zero-order valence-corrected chi connectivity index (χ0v) is 15.2. The smallest absolute Gasteiger partial charge is 0.128 e. The van der Waals surface area contributed by atoms with Crippen LogP contribution < -0.4 is 15.5 Å². The molecule has 25 heavy (non-hydrogen) atoms. The van der Waals surface area contributed by atoms with Gasteiger partial charge in [-0.3, -0.25) is 0 Å². The zero-order valence-electron chi connectivity index (χ0n) is 15.2. The number of hydrogen-bond donors (Lipinski definition) is 2. The molecule has 2 atom stereocenters. The molecule has 138 valence electrons. The van der Waals surface area contributed by atoms with E-state index in [0.29, 0.717) is 18.5 Å². The topological polar surface area (TPSA) is 27.3 Å². The number of alkyl halides is 1. The van der Waals surface area contributed by atoms with Gasteiger partial charge in [-0.1, -0.05) is 13.8 Å². The summed E-state index contributed by atoms with van der Waals surface area (Å²) in [6, 6.07) is 3.62. The van der Waals surface area contributed by atoms with Crippen LogP contribution in [-0.4, -0.2) is 17.9 Å². The highest BCUT2D eigenvalue weighted by atomic mass is 19.1. The fourth-order valence-electron chi connectivity index (χ4n) is 3.89. The minimum Gasteiger partial charge on any atom is -0.368 e. The molecule has 1 aliphatic heterocycles. The Morgan fingerprint density at radius 3 is 2.32 bits per heavy atom. The number of allylic oxidation sites excluding steroid dienone is 1. The predicted molar refractivity (Wildman–Crippen MR) is 93.6 cm³/mol. The lowest BCUT2D eigenvalue weighted by Crippen LogP contribution is -2.49. The van der Waals surface area contributed by atoms with E-state index in [2.05, 4.69) is 10.6 Å². The van der Waals surface area contributed by atoms with E-state index in [1.54, 1.807) is 0 Å². The highest BCUT2D eigenvalue weighted by Crippen LogP contribution is 2.38. The van der Waals surface area contributed by atoms with Gasteiger partial charge in [-0.05, 0) is 51.2 Å². The Balaban J connectivity index is 1.99. The molecule has 0 spiro atoms. The van der Waals surface area contributed by atoms with E-state index < -0.39 is 23.5 Å². The molecule has 0 radical (unpaired) electrons. The van der Waals surface area contributed by atoms with Crippen LogP contribution in [0.15, 0.2) is 29.7 Å². The Hall–Kier alpha value is -1.85. The number of halogens is 3. The summed E-state index contributed by atoms with van der Waals surface area (Å²) in [6.07, 6.45) is 1.09. The highest BCUT2D eigenvalue weighted by molar-refractivity contribution is 5.58. The summed E-state index contributed by atoms with van der Waals surface area (Å²) in [5.41, 5.74) is 0.832. The second-order valence-electron chi connectivity index (χ2n) is 7.81. The van der Waals surface area contributed by atoms with Crippen molar-refractivity contribution < 1.29 is 13.2 Å². The van der Waals surface area contributed by atoms with Crippen molar-refractivity contribution in [3.05, 3.63) is 41.4 Å². The SMILES string of the molecule is CC(C)C1=C(N[C@H]2CC[C@@H](F)C2)NC(C)(C)N1c1cc(F)cc(F)c1. The number of anilines is 1. The summed E-state index contributed by atoms with van der Waals surface area (Å²) in [7, 11) is 0. The lowest BCUT2D eigenvalue weighted by atomic mass is 10.1. The molecule has 1 saturated carbocycles. The molecule has 0 saturated heterocycles. The molecular formula is C19H26F3N3. The largest absolute Gasteiger partial charge is 0.368 e. The Morgan fingerprint density at radius 2 is 1.80 bits per heavy atom. The second-order valence-corrected chi connectivity index (χ2v) is 7.81. The Bertz CT molecular complexity index is 664. The molecule has 1 fully saturated rings. The normalized spacial score (nSPS) is 25.7. The lowest BCUT2D eigenvalue weighted by molar-refractivity contribution is 0.334. The summed E-state index contributed by atoms with van der Waals surface area (Å²) in [4.78, 5) is 1.92. The molecule has 2 aliphatic rings. The first-order chi connectivity index (χ1) is 11.7. The van der Waals surface area contributed by atoms with Crippen LogP contribution in [0.25, 0.3) is 0 Å². The Kier molecular flexibility index (Phi) is 4.64. The average Bonchev–Trinajstić information content (AvgIpc) is 2.98. The van der Waals surface area contributed by atoms with Gasteiger partial charge in [0.25, 0.3) is 0 Å². The fraction of sp³-hybridized carbons (Fsp3) is 0.579. The van der Waals surface area contributed by atoms with E-state index in [9.17, 15) is 13.2 Å². The average molecular weight is 353 g/mol. The van der Waals surface area contributed by atoms with Crippen LogP contribution in [0.5, 0.6) is 0 Å². The summed E-state index contributed by atoms with van der Waals surface area (Å²) in [5, 5.41) is 6.84. The third-order valence-electron chi connectivity index (χ3n) is 4.86. The van der Waals surface area contributed by atoms with E-state index in [4.69, 9.17) is 0 Å². The van der Waals surface area contributed by atoms with Gasteiger partial charge in [-0.15, -0.1) is 0 Å². The molecule has 3 nitrogen and oxygen atoms in total. The number of nitrogens with one attached hydrogen (secondary N) is 2. The second kappa shape index (κ2) is 6.46. The van der Waals surface area contributed by atoms with Gasteiger partial charge in [0.05, 0.1) is 5.70 Å². The molecule has 1 aromatic rings. The van der Waals surface area contributed by atoms with Gasteiger partial charge in [-0.2, -0.15) is 0 Å². The van der Waals surface area contributed by atoms with E-state index in [1.807, 2.05) is 32.6 Å². The molecule has 0 unspecified atom stereocenters. The van der Waals surface area contributed by atoms with E-state index >= 15 is 0 Å². The van der Waals surface area contributed by atoms with Crippen LogP contribution in [0.1, 0.15) is 47.0 Å². The van der Waals surface area contributed by atoms with Crippen molar-refractivity contribution in [2.75, 3.05) is 4.90 Å². The number of nitrogens with zero attached hydrogens (tertiary/aromatic N) is 1. The quantitative estimate of drug-likeness (QED) is 0.839. The summed E-state index contributed by atoms with van der Waals surface area (Å²) in [5.74, 6) is -0.271. The predicted octanol–water partition coefficient (Wildman–Crippen LogP) is 4.42. The number of rotatable bonds is 4. The highest BCUT2D eigenvalue weighted by Gasteiger charge is 2.41. The van der Waals surface area contributed by atoms with Gasteiger partial charge in [0.1, 0.15) is 29.3 Å². The molecule has 0 amide bonds. The van der Waals surface area contributed by atoms with E-state index in [-0.39, 0.29) is 12.0 Å². The van der Waals surface area contributed by atoms with Crippen molar-refractivity contribution in [2.24, 2.45) is 5.92 Å². The number of benzene rings is 1. The molecule has 6 heteroatoms. The molecular weight excluding hydrogens is 327 g/mol. The maximum atomic E-state index is 13.8. The fourth-order valence-corrected chi connectivity index (χ4v) is 3.89. The maximum absolute atomic E-state index is 13.8. The Morgan fingerprint density at radius 1 is 1.16 bits per heavy atom. The van der Waals surface area contributed by atoms with Crippen molar-refractivity contribution in [1.29, 1.82) is 0 Å². The molecule has 1 aliphatic carbocycles. The number of hydrogen-bond acceptors (Lipinski definition) is 3.